The lowest BCUT2D eigenvalue weighted by Gasteiger charge is -2.03. The van der Waals surface area contributed by atoms with Crippen molar-refractivity contribution < 1.29 is 19.2 Å². The van der Waals surface area contributed by atoms with Gasteiger partial charge in [0, 0.05) is 11.1 Å². The van der Waals surface area contributed by atoms with Crippen LogP contribution in [0.4, 0.5) is 9.80 Å². The van der Waals surface area contributed by atoms with Crippen molar-refractivity contribution in [2.24, 2.45) is 0 Å². The summed E-state index contributed by atoms with van der Waals surface area (Å²) in [6, 6.07) is 8.68. The number of rotatable bonds is 3. The number of nitro groups is 1. The van der Waals surface area contributed by atoms with E-state index in [1.807, 2.05) is 0 Å². The second-order valence-electron chi connectivity index (χ2n) is 3.26. The molecule has 0 aliphatic heterocycles. The molecule has 1 aromatic heterocycles. The van der Waals surface area contributed by atoms with Gasteiger partial charge >= 0.3 is 11.2 Å². The molecule has 1 heterocycles. The van der Waals surface area contributed by atoms with Crippen LogP contribution in [0.1, 0.15) is 0 Å². The first-order valence-electron chi connectivity index (χ1n) is 4.94. The van der Waals surface area contributed by atoms with Gasteiger partial charge in [-0.05, 0) is 41.7 Å². The van der Waals surface area contributed by atoms with Gasteiger partial charge in [-0.1, -0.05) is 11.6 Å². The van der Waals surface area contributed by atoms with Crippen LogP contribution in [0.5, 0.6) is 10.8 Å². The average Bonchev–Trinajstić information content (AvgIpc) is 2.80. The van der Waals surface area contributed by atoms with Crippen molar-refractivity contribution in [3.05, 3.63) is 51.5 Å². The van der Waals surface area contributed by atoms with Gasteiger partial charge in [0.05, 0.1) is 4.92 Å². The standard InChI is InChI=1S/C11H6ClNO5S/c12-7-1-3-8(4-2-7)17-11(14)18-10-6-5-9(19-10)13(15)16/h1-6H. The van der Waals surface area contributed by atoms with Crippen LogP contribution in [0, 0.1) is 10.1 Å². The summed E-state index contributed by atoms with van der Waals surface area (Å²) in [6.07, 6.45) is -0.973. The predicted octanol–water partition coefficient (Wildman–Crippen LogP) is 3.89. The van der Waals surface area contributed by atoms with Crippen LogP contribution >= 0.6 is 22.9 Å². The van der Waals surface area contributed by atoms with Gasteiger partial charge < -0.3 is 9.47 Å². The molecular weight excluding hydrogens is 294 g/mol. The van der Waals surface area contributed by atoms with Crippen LogP contribution in [0.15, 0.2) is 36.4 Å². The van der Waals surface area contributed by atoms with Crippen LogP contribution in [0.25, 0.3) is 0 Å². The maximum absolute atomic E-state index is 11.4. The third-order valence-electron chi connectivity index (χ3n) is 1.95. The van der Waals surface area contributed by atoms with Crippen molar-refractivity contribution in [3.63, 3.8) is 0 Å². The number of carbonyl (C=O) groups is 1. The van der Waals surface area contributed by atoms with Crippen molar-refractivity contribution in [1.82, 2.24) is 0 Å². The lowest BCUT2D eigenvalue weighted by atomic mass is 10.3. The van der Waals surface area contributed by atoms with Gasteiger partial charge in [0.1, 0.15) is 5.75 Å². The van der Waals surface area contributed by atoms with E-state index in [0.717, 1.165) is 11.3 Å². The van der Waals surface area contributed by atoms with E-state index in [1.54, 1.807) is 12.1 Å². The minimum atomic E-state index is -0.973. The molecule has 0 aliphatic rings. The molecule has 0 amide bonds. The Hall–Kier alpha value is -2.12. The molecule has 0 spiro atoms. The fourth-order valence-corrected chi connectivity index (χ4v) is 1.95. The Morgan fingerprint density at radius 1 is 1.16 bits per heavy atom. The summed E-state index contributed by atoms with van der Waals surface area (Å²) in [5, 5.41) is 10.9. The molecule has 6 nitrogen and oxygen atoms in total. The molecule has 0 N–H and O–H groups in total. The van der Waals surface area contributed by atoms with Gasteiger partial charge in [-0.15, -0.1) is 0 Å². The van der Waals surface area contributed by atoms with Crippen molar-refractivity contribution in [3.8, 4) is 10.8 Å². The number of carbonyl (C=O) groups excluding carboxylic acids is 1. The Balaban J connectivity index is 1.97. The number of ether oxygens (including phenoxy) is 2. The zero-order valence-electron chi connectivity index (χ0n) is 9.24. The monoisotopic (exact) mass is 299 g/mol. The first-order chi connectivity index (χ1) is 9.04. The van der Waals surface area contributed by atoms with E-state index in [9.17, 15) is 14.9 Å². The maximum Gasteiger partial charge on any atom is 0.520 e. The highest BCUT2D eigenvalue weighted by Crippen LogP contribution is 2.30. The fraction of sp³-hybridized carbons (Fsp3) is 0. The summed E-state index contributed by atoms with van der Waals surface area (Å²) in [7, 11) is 0. The Bertz CT molecular complexity index is 610. The molecule has 0 saturated carbocycles. The average molecular weight is 300 g/mol. The van der Waals surface area contributed by atoms with Gasteiger partial charge in [-0.25, -0.2) is 4.79 Å². The summed E-state index contributed by atoms with van der Waals surface area (Å²) in [5.41, 5.74) is 0. The van der Waals surface area contributed by atoms with Gasteiger partial charge in [0.15, 0.2) is 5.06 Å². The molecule has 0 radical (unpaired) electrons. The minimum absolute atomic E-state index is 0.0886. The quantitative estimate of drug-likeness (QED) is 0.372. The Labute approximate surface area is 116 Å². The van der Waals surface area contributed by atoms with Crippen LogP contribution in [0.2, 0.25) is 5.02 Å². The highest BCUT2D eigenvalue weighted by molar-refractivity contribution is 7.17. The van der Waals surface area contributed by atoms with Crippen LogP contribution in [-0.4, -0.2) is 11.1 Å². The van der Waals surface area contributed by atoms with E-state index in [1.165, 1.54) is 24.3 Å². The van der Waals surface area contributed by atoms with Crippen LogP contribution in [-0.2, 0) is 0 Å². The Morgan fingerprint density at radius 2 is 1.84 bits per heavy atom. The number of nitrogens with zero attached hydrogens (tertiary/aromatic N) is 1. The highest BCUT2D eigenvalue weighted by Gasteiger charge is 2.14. The Kier molecular flexibility index (Phi) is 3.98. The molecule has 0 bridgehead atoms. The molecule has 1 aromatic carbocycles. The predicted molar refractivity (Wildman–Crippen MR) is 69.1 cm³/mol. The van der Waals surface area contributed by atoms with Gasteiger partial charge in [-0.3, -0.25) is 10.1 Å². The third-order valence-corrected chi connectivity index (χ3v) is 3.11. The number of thiophene rings is 1. The van der Waals surface area contributed by atoms with Crippen LogP contribution < -0.4 is 9.47 Å². The van der Waals surface area contributed by atoms with Crippen molar-refractivity contribution in [2.45, 2.75) is 0 Å². The van der Waals surface area contributed by atoms with Crippen LogP contribution in [0.3, 0.4) is 0 Å². The maximum atomic E-state index is 11.4. The minimum Gasteiger partial charge on any atom is -0.395 e. The van der Waals surface area contributed by atoms with Gasteiger partial charge in [0.2, 0.25) is 0 Å². The number of hydrogen-bond acceptors (Lipinski definition) is 6. The fourth-order valence-electron chi connectivity index (χ4n) is 1.17. The SMILES string of the molecule is O=C(Oc1ccc(Cl)cc1)Oc1ccc([N+](=O)[O-])s1. The van der Waals surface area contributed by atoms with E-state index in [0.29, 0.717) is 5.02 Å². The molecule has 0 fully saturated rings. The number of halogens is 1. The molecular formula is C11H6ClNO5S. The second-order valence-corrected chi connectivity index (χ2v) is 4.72. The molecule has 0 unspecified atom stereocenters. The first kappa shape index (κ1) is 13.3. The lowest BCUT2D eigenvalue weighted by molar-refractivity contribution is -0.380. The Morgan fingerprint density at radius 3 is 2.42 bits per heavy atom. The molecule has 19 heavy (non-hydrogen) atoms. The normalized spacial score (nSPS) is 9.95. The van der Waals surface area contributed by atoms with E-state index >= 15 is 0 Å². The second kappa shape index (κ2) is 5.68. The van der Waals surface area contributed by atoms with E-state index in [2.05, 4.69) is 0 Å². The third kappa shape index (κ3) is 3.67. The summed E-state index contributed by atoms with van der Waals surface area (Å²) in [4.78, 5) is 21.3. The summed E-state index contributed by atoms with van der Waals surface area (Å²) < 4.78 is 9.66. The molecule has 98 valence electrons. The molecule has 8 heteroatoms. The zero-order valence-corrected chi connectivity index (χ0v) is 10.8. The number of hydrogen-bond donors (Lipinski definition) is 0. The highest BCUT2D eigenvalue weighted by atomic mass is 35.5. The number of benzene rings is 1. The summed E-state index contributed by atoms with van der Waals surface area (Å²) in [6.45, 7) is 0. The molecule has 0 atom stereocenters. The largest absolute Gasteiger partial charge is 0.520 e. The smallest absolute Gasteiger partial charge is 0.395 e. The lowest BCUT2D eigenvalue weighted by Crippen LogP contribution is -2.12. The first-order valence-corrected chi connectivity index (χ1v) is 6.13. The van der Waals surface area contributed by atoms with Gasteiger partial charge in [0.25, 0.3) is 0 Å². The molecule has 0 saturated heterocycles. The van der Waals surface area contributed by atoms with E-state index in [4.69, 9.17) is 21.1 Å². The van der Waals surface area contributed by atoms with Crippen molar-refractivity contribution in [1.29, 1.82) is 0 Å². The van der Waals surface area contributed by atoms with Crippen molar-refractivity contribution >= 4 is 34.1 Å². The van der Waals surface area contributed by atoms with Gasteiger partial charge in [-0.2, -0.15) is 0 Å². The molecule has 2 rings (SSSR count). The van der Waals surface area contributed by atoms with E-state index in [-0.39, 0.29) is 15.8 Å². The topological polar surface area (TPSA) is 78.7 Å². The molecule has 2 aromatic rings. The summed E-state index contributed by atoms with van der Waals surface area (Å²) in [5.74, 6) is 0.264. The molecule has 0 aliphatic carbocycles. The zero-order chi connectivity index (χ0) is 13.8. The van der Waals surface area contributed by atoms with Crippen molar-refractivity contribution in [2.75, 3.05) is 0 Å². The summed E-state index contributed by atoms with van der Waals surface area (Å²) >= 11 is 6.42. The van der Waals surface area contributed by atoms with E-state index < -0.39 is 11.1 Å².